The molecule has 0 heterocycles. The Morgan fingerprint density at radius 1 is 1.09 bits per heavy atom. The molecule has 0 nitrogen and oxygen atoms in total. The van der Waals surface area contributed by atoms with Crippen LogP contribution in [0.2, 0.25) is 0 Å². The van der Waals surface area contributed by atoms with Crippen LogP contribution in [0.15, 0.2) is 0 Å². The maximum atomic E-state index is 3.58. The van der Waals surface area contributed by atoms with Crippen molar-refractivity contribution < 1.29 is 0 Å². The van der Waals surface area contributed by atoms with Gasteiger partial charge in [0.2, 0.25) is 0 Å². The van der Waals surface area contributed by atoms with Crippen molar-refractivity contribution in [3.8, 4) is 0 Å². The second-order valence-corrected chi connectivity index (χ2v) is 4.86. The van der Waals surface area contributed by atoms with Crippen molar-refractivity contribution in [3.63, 3.8) is 0 Å². The Kier molecular flexibility index (Phi) is 2.55. The number of halogens is 1. The van der Waals surface area contributed by atoms with Crippen LogP contribution in [0.1, 0.15) is 38.5 Å². The molecule has 0 aromatic rings. The topological polar surface area (TPSA) is 0 Å². The van der Waals surface area contributed by atoms with Gasteiger partial charge in [0, 0.05) is 5.33 Å². The van der Waals surface area contributed by atoms with Gasteiger partial charge in [0.25, 0.3) is 0 Å². The minimum absolute atomic E-state index is 1.05. The predicted octanol–water partition coefficient (Wildman–Crippen LogP) is 3.60. The Bertz CT molecular complexity index is 127. The molecule has 0 N–H and O–H groups in total. The van der Waals surface area contributed by atoms with Crippen LogP contribution in [0.25, 0.3) is 0 Å². The van der Waals surface area contributed by atoms with Gasteiger partial charge in [-0.15, -0.1) is 0 Å². The van der Waals surface area contributed by atoms with E-state index in [2.05, 4.69) is 15.9 Å². The van der Waals surface area contributed by atoms with Crippen LogP contribution in [0.5, 0.6) is 0 Å². The lowest BCUT2D eigenvalue weighted by atomic mass is 9.85. The number of hydrogen-bond donors (Lipinski definition) is 0. The van der Waals surface area contributed by atoms with Crippen molar-refractivity contribution in [2.24, 2.45) is 17.8 Å². The van der Waals surface area contributed by atoms with Crippen molar-refractivity contribution in [2.45, 2.75) is 38.5 Å². The lowest BCUT2D eigenvalue weighted by Gasteiger charge is -2.21. The molecular formula is C10H17Br. The van der Waals surface area contributed by atoms with Gasteiger partial charge in [-0.25, -0.2) is 0 Å². The van der Waals surface area contributed by atoms with Crippen LogP contribution in [-0.2, 0) is 0 Å². The molecule has 2 atom stereocenters. The predicted molar refractivity (Wildman–Crippen MR) is 52.0 cm³/mol. The molecule has 2 aliphatic rings. The van der Waals surface area contributed by atoms with Gasteiger partial charge >= 0.3 is 0 Å². The first kappa shape index (κ1) is 8.10. The average Bonchev–Trinajstić information content (AvgIpc) is 2.85. The molecule has 2 rings (SSSR count). The highest BCUT2D eigenvalue weighted by Crippen LogP contribution is 2.49. The van der Waals surface area contributed by atoms with Crippen LogP contribution < -0.4 is 0 Å². The SMILES string of the molecule is BrCC1CC1C1CCCCC1. The standard InChI is InChI=1S/C10H17Br/c11-7-9-6-10(9)8-4-2-1-3-5-8/h8-10H,1-7H2. The Morgan fingerprint density at radius 2 is 1.82 bits per heavy atom. The molecule has 0 bridgehead atoms. The summed E-state index contributed by atoms with van der Waals surface area (Å²) in [5.74, 6) is 3.29. The minimum atomic E-state index is 1.05. The van der Waals surface area contributed by atoms with E-state index in [1.807, 2.05) is 0 Å². The Hall–Kier alpha value is 0.480. The molecule has 2 unspecified atom stereocenters. The lowest BCUT2D eigenvalue weighted by molar-refractivity contribution is 0.313. The second-order valence-electron chi connectivity index (χ2n) is 4.21. The Balaban J connectivity index is 1.77. The smallest absolute Gasteiger partial charge is 0.00625 e. The third-order valence-corrected chi connectivity index (χ3v) is 4.26. The van der Waals surface area contributed by atoms with Gasteiger partial charge in [0.15, 0.2) is 0 Å². The molecule has 1 heteroatoms. The van der Waals surface area contributed by atoms with Crippen LogP contribution in [0.4, 0.5) is 0 Å². The van der Waals surface area contributed by atoms with Crippen molar-refractivity contribution in [2.75, 3.05) is 5.33 Å². The fourth-order valence-corrected chi connectivity index (χ4v) is 3.33. The molecule has 0 aliphatic heterocycles. The first-order chi connectivity index (χ1) is 5.42. The van der Waals surface area contributed by atoms with E-state index in [-0.39, 0.29) is 0 Å². The number of hydrogen-bond acceptors (Lipinski definition) is 0. The van der Waals surface area contributed by atoms with Crippen molar-refractivity contribution in [3.05, 3.63) is 0 Å². The fraction of sp³-hybridized carbons (Fsp3) is 1.00. The van der Waals surface area contributed by atoms with Gasteiger partial charge in [0.1, 0.15) is 0 Å². The Labute approximate surface area is 77.9 Å². The maximum absolute atomic E-state index is 3.58. The molecule has 2 aliphatic carbocycles. The third-order valence-electron chi connectivity index (χ3n) is 3.43. The van der Waals surface area contributed by atoms with E-state index in [0.717, 1.165) is 17.8 Å². The third kappa shape index (κ3) is 1.80. The summed E-state index contributed by atoms with van der Waals surface area (Å²) in [6.45, 7) is 0. The van der Waals surface area contributed by atoms with Crippen molar-refractivity contribution in [1.82, 2.24) is 0 Å². The molecule has 2 fully saturated rings. The van der Waals surface area contributed by atoms with Gasteiger partial charge in [-0.3, -0.25) is 0 Å². The largest absolute Gasteiger partial charge is 0.0925 e. The normalized spacial score (nSPS) is 39.0. The van der Waals surface area contributed by atoms with Crippen LogP contribution in [-0.4, -0.2) is 5.33 Å². The van der Waals surface area contributed by atoms with Gasteiger partial charge in [-0.05, 0) is 24.2 Å². The van der Waals surface area contributed by atoms with E-state index < -0.39 is 0 Å². The molecule has 0 aromatic carbocycles. The van der Waals surface area contributed by atoms with Gasteiger partial charge in [0.05, 0.1) is 0 Å². The molecule has 0 aromatic heterocycles. The van der Waals surface area contributed by atoms with Gasteiger partial charge in [-0.1, -0.05) is 48.0 Å². The maximum Gasteiger partial charge on any atom is 0.00625 e. The molecule has 0 radical (unpaired) electrons. The Morgan fingerprint density at radius 3 is 2.36 bits per heavy atom. The van der Waals surface area contributed by atoms with E-state index in [9.17, 15) is 0 Å². The summed E-state index contributed by atoms with van der Waals surface area (Å²) >= 11 is 3.58. The zero-order valence-electron chi connectivity index (χ0n) is 7.06. The highest BCUT2D eigenvalue weighted by Gasteiger charge is 2.41. The zero-order chi connectivity index (χ0) is 7.68. The first-order valence-corrected chi connectivity index (χ1v) is 6.10. The zero-order valence-corrected chi connectivity index (χ0v) is 8.65. The molecule has 0 saturated heterocycles. The summed E-state index contributed by atoms with van der Waals surface area (Å²) in [4.78, 5) is 0. The van der Waals surface area contributed by atoms with Crippen LogP contribution >= 0.6 is 15.9 Å². The van der Waals surface area contributed by atoms with Crippen LogP contribution in [0, 0.1) is 17.8 Å². The summed E-state index contributed by atoms with van der Waals surface area (Å²) in [6.07, 6.45) is 9.12. The molecule has 11 heavy (non-hydrogen) atoms. The second kappa shape index (κ2) is 3.47. The average molecular weight is 217 g/mol. The highest BCUT2D eigenvalue weighted by atomic mass is 79.9. The fourth-order valence-electron chi connectivity index (χ4n) is 2.59. The number of rotatable bonds is 2. The monoisotopic (exact) mass is 216 g/mol. The lowest BCUT2D eigenvalue weighted by Crippen LogP contribution is -2.09. The highest BCUT2D eigenvalue weighted by molar-refractivity contribution is 9.09. The molecule has 0 amide bonds. The molecule has 2 saturated carbocycles. The van der Waals surface area contributed by atoms with Crippen molar-refractivity contribution >= 4 is 15.9 Å². The van der Waals surface area contributed by atoms with E-state index in [0.29, 0.717) is 0 Å². The minimum Gasteiger partial charge on any atom is -0.0925 e. The summed E-state index contributed by atoms with van der Waals surface area (Å²) in [7, 11) is 0. The quantitative estimate of drug-likeness (QED) is 0.620. The summed E-state index contributed by atoms with van der Waals surface area (Å²) in [5, 5.41) is 1.26. The molecular weight excluding hydrogens is 200 g/mol. The van der Waals surface area contributed by atoms with E-state index in [1.165, 1.54) is 43.9 Å². The van der Waals surface area contributed by atoms with Crippen LogP contribution in [0.3, 0.4) is 0 Å². The van der Waals surface area contributed by atoms with Crippen molar-refractivity contribution in [1.29, 1.82) is 0 Å². The summed E-state index contributed by atoms with van der Waals surface area (Å²) < 4.78 is 0. The first-order valence-electron chi connectivity index (χ1n) is 4.98. The molecule has 64 valence electrons. The summed E-state index contributed by atoms with van der Waals surface area (Å²) in [5.41, 5.74) is 0. The molecule has 0 spiro atoms. The summed E-state index contributed by atoms with van der Waals surface area (Å²) in [6, 6.07) is 0. The van der Waals surface area contributed by atoms with Gasteiger partial charge in [-0.2, -0.15) is 0 Å². The van der Waals surface area contributed by atoms with Gasteiger partial charge < -0.3 is 0 Å². The van der Waals surface area contributed by atoms with E-state index in [1.54, 1.807) is 0 Å². The van der Waals surface area contributed by atoms with E-state index >= 15 is 0 Å². The number of alkyl halides is 1. The van der Waals surface area contributed by atoms with E-state index in [4.69, 9.17) is 0 Å².